The number of ether oxygens (including phenoxy) is 1. The molecule has 82 valence electrons. The molecule has 0 aliphatic rings. The van der Waals surface area contributed by atoms with E-state index in [9.17, 15) is 0 Å². The molecular weight excluding hydrogens is 176 g/mol. The fourth-order valence-electron chi connectivity index (χ4n) is 1.03. The van der Waals surface area contributed by atoms with Crippen LogP contribution in [0.5, 0.6) is 0 Å². The number of aryl methyl sites for hydroxylation is 1. The molecule has 1 heterocycles. The SMILES string of the molecule is CC.Cc1nccn1CCOC(C)C. The van der Waals surface area contributed by atoms with Crippen LogP contribution < -0.4 is 0 Å². The maximum Gasteiger partial charge on any atom is 0.105 e. The Bertz CT molecular complexity index is 231. The van der Waals surface area contributed by atoms with Crippen molar-refractivity contribution in [2.24, 2.45) is 0 Å². The van der Waals surface area contributed by atoms with E-state index in [-0.39, 0.29) is 0 Å². The zero-order valence-corrected chi connectivity index (χ0v) is 9.95. The zero-order chi connectivity index (χ0) is 11.0. The van der Waals surface area contributed by atoms with Gasteiger partial charge in [0.1, 0.15) is 5.82 Å². The summed E-state index contributed by atoms with van der Waals surface area (Å²) in [5.41, 5.74) is 0. The van der Waals surface area contributed by atoms with Gasteiger partial charge in [-0.2, -0.15) is 0 Å². The third-order valence-corrected chi connectivity index (χ3v) is 1.71. The summed E-state index contributed by atoms with van der Waals surface area (Å²) in [6.07, 6.45) is 4.10. The first kappa shape index (κ1) is 13.2. The Labute approximate surface area is 87.1 Å². The average molecular weight is 198 g/mol. The quantitative estimate of drug-likeness (QED) is 0.743. The standard InChI is InChI=1S/C9H16N2O.C2H6/c1-8(2)12-7-6-11-5-4-10-9(11)3;1-2/h4-5,8H,6-7H2,1-3H3;1-2H3. The van der Waals surface area contributed by atoms with Gasteiger partial charge >= 0.3 is 0 Å². The molecule has 0 saturated heterocycles. The molecule has 0 aliphatic heterocycles. The first-order valence-electron chi connectivity index (χ1n) is 5.29. The molecule has 1 aromatic heterocycles. The lowest BCUT2D eigenvalue weighted by Gasteiger charge is -2.08. The van der Waals surface area contributed by atoms with Crippen LogP contribution in [0.15, 0.2) is 12.4 Å². The van der Waals surface area contributed by atoms with Crippen molar-refractivity contribution in [3.8, 4) is 0 Å². The van der Waals surface area contributed by atoms with Crippen molar-refractivity contribution in [3.05, 3.63) is 18.2 Å². The molecular formula is C11H22N2O. The van der Waals surface area contributed by atoms with Crippen LogP contribution in [0.3, 0.4) is 0 Å². The Morgan fingerprint density at radius 2 is 2.07 bits per heavy atom. The average Bonchev–Trinajstić information content (AvgIpc) is 2.55. The fraction of sp³-hybridized carbons (Fsp3) is 0.727. The third kappa shape index (κ3) is 5.02. The molecule has 1 aromatic rings. The predicted octanol–water partition coefficient (Wildman–Crippen LogP) is 2.64. The van der Waals surface area contributed by atoms with Crippen LogP contribution in [0.2, 0.25) is 0 Å². The zero-order valence-electron chi connectivity index (χ0n) is 9.95. The van der Waals surface area contributed by atoms with E-state index in [0.717, 1.165) is 19.0 Å². The van der Waals surface area contributed by atoms with Crippen molar-refractivity contribution in [1.29, 1.82) is 0 Å². The van der Waals surface area contributed by atoms with Gasteiger partial charge in [0.05, 0.1) is 12.7 Å². The van der Waals surface area contributed by atoms with Crippen LogP contribution in [0.4, 0.5) is 0 Å². The van der Waals surface area contributed by atoms with E-state index >= 15 is 0 Å². The molecule has 0 aliphatic carbocycles. The van der Waals surface area contributed by atoms with Gasteiger partial charge in [0, 0.05) is 18.9 Å². The van der Waals surface area contributed by atoms with E-state index in [1.165, 1.54) is 0 Å². The molecule has 0 spiro atoms. The number of aromatic nitrogens is 2. The van der Waals surface area contributed by atoms with Gasteiger partial charge in [0.2, 0.25) is 0 Å². The summed E-state index contributed by atoms with van der Waals surface area (Å²) in [6, 6.07) is 0. The van der Waals surface area contributed by atoms with Gasteiger partial charge < -0.3 is 9.30 Å². The van der Waals surface area contributed by atoms with Crippen LogP contribution in [-0.2, 0) is 11.3 Å². The van der Waals surface area contributed by atoms with E-state index < -0.39 is 0 Å². The molecule has 0 unspecified atom stereocenters. The van der Waals surface area contributed by atoms with Gasteiger partial charge in [-0.15, -0.1) is 0 Å². The molecule has 0 N–H and O–H groups in total. The Morgan fingerprint density at radius 3 is 2.50 bits per heavy atom. The molecule has 0 amide bonds. The second-order valence-corrected chi connectivity index (χ2v) is 3.09. The molecule has 0 radical (unpaired) electrons. The van der Waals surface area contributed by atoms with Gasteiger partial charge in [-0.3, -0.25) is 0 Å². The second kappa shape index (κ2) is 7.56. The molecule has 0 saturated carbocycles. The van der Waals surface area contributed by atoms with Crippen molar-refractivity contribution >= 4 is 0 Å². The minimum Gasteiger partial charge on any atom is -0.377 e. The van der Waals surface area contributed by atoms with E-state index in [1.54, 1.807) is 0 Å². The van der Waals surface area contributed by atoms with Crippen LogP contribution in [0.1, 0.15) is 33.5 Å². The number of nitrogens with zero attached hydrogens (tertiary/aromatic N) is 2. The van der Waals surface area contributed by atoms with Crippen LogP contribution in [-0.4, -0.2) is 22.3 Å². The van der Waals surface area contributed by atoms with Gasteiger partial charge in [-0.1, -0.05) is 13.8 Å². The first-order valence-corrected chi connectivity index (χ1v) is 5.29. The second-order valence-electron chi connectivity index (χ2n) is 3.09. The molecule has 3 nitrogen and oxygen atoms in total. The third-order valence-electron chi connectivity index (χ3n) is 1.71. The number of imidazole rings is 1. The van der Waals surface area contributed by atoms with Crippen LogP contribution >= 0.6 is 0 Å². The molecule has 1 rings (SSSR count). The molecule has 14 heavy (non-hydrogen) atoms. The van der Waals surface area contributed by atoms with E-state index in [2.05, 4.69) is 9.55 Å². The Balaban J connectivity index is 0.000000791. The van der Waals surface area contributed by atoms with Crippen molar-refractivity contribution < 1.29 is 4.74 Å². The molecule has 3 heteroatoms. The van der Waals surface area contributed by atoms with E-state index in [0.29, 0.717) is 6.10 Å². The highest BCUT2D eigenvalue weighted by Crippen LogP contribution is 1.96. The largest absolute Gasteiger partial charge is 0.377 e. The predicted molar refractivity (Wildman–Crippen MR) is 59.4 cm³/mol. The lowest BCUT2D eigenvalue weighted by Crippen LogP contribution is -2.10. The van der Waals surface area contributed by atoms with Gasteiger partial charge in [0.15, 0.2) is 0 Å². The maximum absolute atomic E-state index is 5.42. The summed E-state index contributed by atoms with van der Waals surface area (Å²) in [5.74, 6) is 1.04. The van der Waals surface area contributed by atoms with Crippen molar-refractivity contribution in [1.82, 2.24) is 9.55 Å². The smallest absolute Gasteiger partial charge is 0.105 e. The lowest BCUT2D eigenvalue weighted by molar-refractivity contribution is 0.0724. The van der Waals surface area contributed by atoms with Gasteiger partial charge in [-0.25, -0.2) is 4.98 Å². The topological polar surface area (TPSA) is 27.1 Å². The van der Waals surface area contributed by atoms with Crippen molar-refractivity contribution in [2.45, 2.75) is 47.3 Å². The van der Waals surface area contributed by atoms with E-state index in [1.807, 2.05) is 47.0 Å². The Morgan fingerprint density at radius 1 is 1.43 bits per heavy atom. The van der Waals surface area contributed by atoms with Gasteiger partial charge in [0.25, 0.3) is 0 Å². The summed E-state index contributed by atoms with van der Waals surface area (Å²) in [6.45, 7) is 11.7. The van der Waals surface area contributed by atoms with E-state index in [4.69, 9.17) is 4.74 Å². The number of hydrogen-bond acceptors (Lipinski definition) is 2. The summed E-state index contributed by atoms with van der Waals surface area (Å²) >= 11 is 0. The Hall–Kier alpha value is -0.830. The molecule has 0 aromatic carbocycles. The monoisotopic (exact) mass is 198 g/mol. The van der Waals surface area contributed by atoms with Crippen LogP contribution in [0, 0.1) is 6.92 Å². The molecule has 0 atom stereocenters. The summed E-state index contributed by atoms with van der Waals surface area (Å²) < 4.78 is 7.51. The number of rotatable bonds is 4. The number of hydrogen-bond donors (Lipinski definition) is 0. The normalized spacial score (nSPS) is 9.86. The summed E-state index contributed by atoms with van der Waals surface area (Å²) in [4.78, 5) is 4.12. The minimum atomic E-state index is 0.314. The first-order chi connectivity index (χ1) is 6.70. The maximum atomic E-state index is 5.42. The highest BCUT2D eigenvalue weighted by Gasteiger charge is 1.97. The lowest BCUT2D eigenvalue weighted by atomic mass is 10.5. The summed E-state index contributed by atoms with van der Waals surface area (Å²) in [7, 11) is 0. The highest BCUT2D eigenvalue weighted by atomic mass is 16.5. The van der Waals surface area contributed by atoms with Crippen molar-refractivity contribution in [3.63, 3.8) is 0 Å². The molecule has 0 bridgehead atoms. The van der Waals surface area contributed by atoms with Gasteiger partial charge in [-0.05, 0) is 20.8 Å². The summed E-state index contributed by atoms with van der Waals surface area (Å²) in [5, 5.41) is 0. The minimum absolute atomic E-state index is 0.314. The highest BCUT2D eigenvalue weighted by molar-refractivity contribution is 4.87. The van der Waals surface area contributed by atoms with Crippen LogP contribution in [0.25, 0.3) is 0 Å². The fourth-order valence-corrected chi connectivity index (χ4v) is 1.03. The van der Waals surface area contributed by atoms with Crippen molar-refractivity contribution in [2.75, 3.05) is 6.61 Å². The molecule has 0 fully saturated rings. The Kier molecular flexibility index (Phi) is 7.11.